The Morgan fingerprint density at radius 3 is 2.81 bits per heavy atom. The molecule has 0 radical (unpaired) electrons. The second-order valence-corrected chi connectivity index (χ2v) is 4.59. The average molecular weight is 244 g/mol. The number of hydrogen-bond acceptors (Lipinski definition) is 4. The Morgan fingerprint density at radius 2 is 2.25 bits per heavy atom. The van der Waals surface area contributed by atoms with E-state index in [2.05, 4.69) is 4.72 Å². The Morgan fingerprint density at radius 1 is 1.56 bits per heavy atom. The molecule has 0 bridgehead atoms. The first kappa shape index (κ1) is 12.3. The Bertz CT molecular complexity index is 522. The van der Waals surface area contributed by atoms with Gasteiger partial charge in [-0.15, -0.1) is 0 Å². The third-order valence-corrected chi connectivity index (χ3v) is 2.72. The maximum Gasteiger partial charge on any atom is 0.246 e. The summed E-state index contributed by atoms with van der Waals surface area (Å²) in [6, 6.07) is 4.87. The fraction of sp³-hybridized carbons (Fsp3) is 0.222. The molecule has 0 aliphatic heterocycles. The van der Waals surface area contributed by atoms with Gasteiger partial charge in [0.2, 0.25) is 10.0 Å². The van der Waals surface area contributed by atoms with Crippen molar-refractivity contribution < 1.29 is 17.5 Å². The molecule has 5 nitrogen and oxygen atoms in total. The fourth-order valence-corrected chi connectivity index (χ4v) is 1.78. The van der Waals surface area contributed by atoms with Crippen LogP contribution in [0.4, 0.5) is 10.1 Å². The molecule has 16 heavy (non-hydrogen) atoms. The SMILES string of the molecule is COc1cc(F)ccc1NS(=O)(=O)CC#N. The number of rotatable bonds is 4. The highest BCUT2D eigenvalue weighted by Crippen LogP contribution is 2.25. The van der Waals surface area contributed by atoms with Crippen molar-refractivity contribution >= 4 is 15.7 Å². The lowest BCUT2D eigenvalue weighted by Gasteiger charge is -2.09. The zero-order chi connectivity index (χ0) is 12.2. The van der Waals surface area contributed by atoms with E-state index in [4.69, 9.17) is 10.00 Å². The summed E-state index contributed by atoms with van der Waals surface area (Å²) in [5.74, 6) is -1.16. The van der Waals surface area contributed by atoms with Crippen molar-refractivity contribution in [3.8, 4) is 11.8 Å². The average Bonchev–Trinajstić information content (AvgIpc) is 2.20. The summed E-state index contributed by atoms with van der Waals surface area (Å²) in [4.78, 5) is 0. The standard InChI is InChI=1S/C9H9FN2O3S/c1-15-9-6-7(10)2-3-8(9)12-16(13,14)5-4-11/h2-3,6,12H,5H2,1H3. The maximum atomic E-state index is 12.8. The van der Waals surface area contributed by atoms with Gasteiger partial charge in [0.15, 0.2) is 5.75 Å². The Kier molecular flexibility index (Phi) is 3.68. The lowest BCUT2D eigenvalue weighted by Crippen LogP contribution is -2.16. The van der Waals surface area contributed by atoms with Crippen LogP contribution in [0.25, 0.3) is 0 Å². The molecule has 0 unspecified atom stereocenters. The monoisotopic (exact) mass is 244 g/mol. The molecule has 1 aromatic carbocycles. The van der Waals surface area contributed by atoms with Crippen molar-refractivity contribution in [1.29, 1.82) is 5.26 Å². The van der Waals surface area contributed by atoms with Crippen molar-refractivity contribution in [1.82, 2.24) is 0 Å². The van der Waals surface area contributed by atoms with Crippen LogP contribution in [-0.4, -0.2) is 21.3 Å². The highest BCUT2D eigenvalue weighted by molar-refractivity contribution is 7.92. The predicted molar refractivity (Wildman–Crippen MR) is 56.0 cm³/mol. The zero-order valence-corrected chi connectivity index (χ0v) is 9.21. The van der Waals surface area contributed by atoms with Crippen LogP contribution in [0.2, 0.25) is 0 Å². The van der Waals surface area contributed by atoms with Crippen LogP contribution in [0.15, 0.2) is 18.2 Å². The molecule has 0 aliphatic carbocycles. The Balaban J connectivity index is 3.03. The first-order valence-corrected chi connectivity index (χ1v) is 5.84. The number of hydrogen-bond donors (Lipinski definition) is 1. The lowest BCUT2D eigenvalue weighted by molar-refractivity contribution is 0.413. The molecule has 0 aromatic heterocycles. The van der Waals surface area contributed by atoms with E-state index in [9.17, 15) is 12.8 Å². The zero-order valence-electron chi connectivity index (χ0n) is 8.40. The van der Waals surface area contributed by atoms with Crippen LogP contribution in [0.5, 0.6) is 5.75 Å². The number of sulfonamides is 1. The number of nitrogens with zero attached hydrogens (tertiary/aromatic N) is 1. The van der Waals surface area contributed by atoms with Crippen molar-refractivity contribution in [2.24, 2.45) is 0 Å². The number of benzene rings is 1. The van der Waals surface area contributed by atoms with Gasteiger partial charge < -0.3 is 4.74 Å². The summed E-state index contributed by atoms with van der Waals surface area (Å²) >= 11 is 0. The van der Waals surface area contributed by atoms with Crippen LogP contribution in [0, 0.1) is 17.1 Å². The van der Waals surface area contributed by atoms with Crippen molar-refractivity contribution in [2.75, 3.05) is 17.6 Å². The largest absolute Gasteiger partial charge is 0.494 e. The minimum absolute atomic E-state index is 0.0570. The predicted octanol–water partition coefficient (Wildman–Crippen LogP) is 1.10. The van der Waals surface area contributed by atoms with Crippen LogP contribution in [0.3, 0.4) is 0 Å². The summed E-state index contributed by atoms with van der Waals surface area (Å²) < 4.78 is 42.3. The van der Waals surface area contributed by atoms with E-state index >= 15 is 0 Å². The van der Waals surface area contributed by atoms with Gasteiger partial charge in [0.25, 0.3) is 0 Å². The van der Waals surface area contributed by atoms with E-state index < -0.39 is 21.6 Å². The first-order valence-electron chi connectivity index (χ1n) is 4.19. The van der Waals surface area contributed by atoms with E-state index in [0.29, 0.717) is 0 Å². The van der Waals surface area contributed by atoms with Crippen LogP contribution >= 0.6 is 0 Å². The molecule has 0 fully saturated rings. The minimum atomic E-state index is -3.74. The number of nitrogens with one attached hydrogen (secondary N) is 1. The molecule has 0 saturated carbocycles. The normalized spacial score (nSPS) is 10.6. The third-order valence-electron chi connectivity index (χ3n) is 1.68. The molecule has 0 amide bonds. The van der Waals surface area contributed by atoms with Gasteiger partial charge in [-0.1, -0.05) is 0 Å². The van der Waals surface area contributed by atoms with E-state index in [1.807, 2.05) is 0 Å². The number of halogens is 1. The van der Waals surface area contributed by atoms with Crippen molar-refractivity contribution in [3.05, 3.63) is 24.0 Å². The molecular formula is C9H9FN2O3S. The Labute approximate surface area is 92.5 Å². The van der Waals surface area contributed by atoms with E-state index in [1.165, 1.54) is 19.2 Å². The van der Waals surface area contributed by atoms with Gasteiger partial charge >= 0.3 is 0 Å². The van der Waals surface area contributed by atoms with Gasteiger partial charge in [0, 0.05) is 6.07 Å². The second kappa shape index (κ2) is 4.81. The van der Waals surface area contributed by atoms with Crippen molar-refractivity contribution in [2.45, 2.75) is 0 Å². The second-order valence-electron chi connectivity index (χ2n) is 2.86. The van der Waals surface area contributed by atoms with E-state index in [1.54, 1.807) is 0 Å². The quantitative estimate of drug-likeness (QED) is 0.860. The van der Waals surface area contributed by atoms with Gasteiger partial charge in [0.05, 0.1) is 18.9 Å². The number of methoxy groups -OCH3 is 1. The molecule has 1 rings (SSSR count). The molecule has 0 heterocycles. The first-order chi connectivity index (χ1) is 7.48. The Hall–Kier alpha value is -1.81. The highest BCUT2D eigenvalue weighted by Gasteiger charge is 2.13. The molecular weight excluding hydrogens is 235 g/mol. The third kappa shape index (κ3) is 3.10. The van der Waals surface area contributed by atoms with Crippen LogP contribution < -0.4 is 9.46 Å². The smallest absolute Gasteiger partial charge is 0.246 e. The minimum Gasteiger partial charge on any atom is -0.494 e. The summed E-state index contributed by atoms with van der Waals surface area (Å²) in [5.41, 5.74) is 0.0964. The van der Waals surface area contributed by atoms with Gasteiger partial charge in [-0.2, -0.15) is 5.26 Å². The maximum absolute atomic E-state index is 12.8. The number of ether oxygens (including phenoxy) is 1. The summed E-state index contributed by atoms with van der Waals surface area (Å²) in [6.45, 7) is 0. The molecule has 1 aromatic rings. The molecule has 0 saturated heterocycles. The number of nitriles is 1. The van der Waals surface area contributed by atoms with E-state index in [-0.39, 0.29) is 11.4 Å². The topological polar surface area (TPSA) is 79.2 Å². The van der Waals surface area contributed by atoms with Gasteiger partial charge in [-0.3, -0.25) is 4.72 Å². The summed E-state index contributed by atoms with van der Waals surface area (Å²) in [6.07, 6.45) is 0. The van der Waals surface area contributed by atoms with Crippen LogP contribution in [-0.2, 0) is 10.0 Å². The van der Waals surface area contributed by atoms with Crippen LogP contribution in [0.1, 0.15) is 0 Å². The van der Waals surface area contributed by atoms with E-state index in [0.717, 1.165) is 12.1 Å². The summed E-state index contributed by atoms with van der Waals surface area (Å²) in [5, 5.41) is 8.29. The number of anilines is 1. The molecule has 0 spiro atoms. The molecule has 0 atom stereocenters. The molecule has 0 aliphatic rings. The van der Waals surface area contributed by atoms with Gasteiger partial charge in [-0.25, -0.2) is 12.8 Å². The summed E-state index contributed by atoms with van der Waals surface area (Å²) in [7, 11) is -2.46. The molecule has 7 heteroatoms. The molecule has 1 N–H and O–H groups in total. The lowest BCUT2D eigenvalue weighted by atomic mass is 10.3. The highest BCUT2D eigenvalue weighted by atomic mass is 32.2. The molecule has 86 valence electrons. The van der Waals surface area contributed by atoms with Gasteiger partial charge in [0.1, 0.15) is 11.6 Å². The fourth-order valence-electron chi connectivity index (χ4n) is 1.04. The van der Waals surface area contributed by atoms with Crippen molar-refractivity contribution in [3.63, 3.8) is 0 Å². The van der Waals surface area contributed by atoms with Gasteiger partial charge in [-0.05, 0) is 12.1 Å².